The first kappa shape index (κ1) is 35.4. The van der Waals surface area contributed by atoms with E-state index in [9.17, 15) is 0 Å². The van der Waals surface area contributed by atoms with Crippen LogP contribution in [-0.4, -0.2) is 9.13 Å². The van der Waals surface area contributed by atoms with E-state index in [-0.39, 0.29) is 0 Å². The summed E-state index contributed by atoms with van der Waals surface area (Å²) in [6, 6.07) is 67.2. The van der Waals surface area contributed by atoms with E-state index in [1.54, 1.807) is 0 Å². The highest BCUT2D eigenvalue weighted by Gasteiger charge is 2.24. The Bertz CT molecular complexity index is 3370. The largest absolute Gasteiger partial charge is 0.454 e. The van der Waals surface area contributed by atoms with Crippen LogP contribution < -0.4 is 4.90 Å². The number of allylic oxidation sites excluding steroid dienone is 2. The molecule has 0 amide bonds. The van der Waals surface area contributed by atoms with Crippen LogP contribution in [0.2, 0.25) is 0 Å². The summed E-state index contributed by atoms with van der Waals surface area (Å²) < 4.78 is 11.7. The van der Waals surface area contributed by atoms with E-state index < -0.39 is 0 Å². The van der Waals surface area contributed by atoms with Gasteiger partial charge in [0.05, 0.1) is 16.6 Å². The smallest absolute Gasteiger partial charge is 0.160 e. The third-order valence-corrected chi connectivity index (χ3v) is 11.8. The molecule has 0 fully saturated rings. The van der Waals surface area contributed by atoms with Gasteiger partial charge in [0.25, 0.3) is 0 Å². The summed E-state index contributed by atoms with van der Waals surface area (Å²) in [7, 11) is 0. The number of anilines is 3. The van der Waals surface area contributed by atoms with Gasteiger partial charge in [-0.15, -0.1) is 6.58 Å². The second kappa shape index (κ2) is 14.5. The number of rotatable bonds is 9. The number of hydrogen-bond acceptors (Lipinski definition) is 2. The molecule has 0 saturated carbocycles. The molecule has 0 aliphatic rings. The molecular weight excluding hydrogens is 731 g/mol. The maximum absolute atomic E-state index is 6.89. The molecule has 0 atom stereocenters. The summed E-state index contributed by atoms with van der Waals surface area (Å²) in [6.07, 6.45) is 7.20. The van der Waals surface area contributed by atoms with E-state index >= 15 is 0 Å². The summed E-state index contributed by atoms with van der Waals surface area (Å²) in [5, 5.41) is 5.75. The highest BCUT2D eigenvalue weighted by Crippen LogP contribution is 2.46. The molecule has 286 valence electrons. The highest BCUT2D eigenvalue weighted by molar-refractivity contribution is 6.26. The van der Waals surface area contributed by atoms with Crippen molar-refractivity contribution in [3.63, 3.8) is 0 Å². The lowest BCUT2D eigenvalue weighted by atomic mass is 9.95. The number of hydrogen-bond donors (Lipinski definition) is 0. The molecule has 0 aliphatic heterocycles. The monoisotopic (exact) mass is 771 g/mol. The lowest BCUT2D eigenvalue weighted by molar-refractivity contribution is 0.671. The van der Waals surface area contributed by atoms with E-state index in [2.05, 4.69) is 228 Å². The van der Waals surface area contributed by atoms with Crippen molar-refractivity contribution >= 4 is 77.8 Å². The van der Waals surface area contributed by atoms with Gasteiger partial charge in [-0.1, -0.05) is 121 Å². The molecule has 0 saturated heterocycles. The molecule has 3 heterocycles. The van der Waals surface area contributed by atoms with E-state index in [0.717, 1.165) is 78.8 Å². The van der Waals surface area contributed by atoms with Crippen LogP contribution >= 0.6 is 0 Å². The summed E-state index contributed by atoms with van der Waals surface area (Å²) in [5.41, 5.74) is 15.3. The summed E-state index contributed by atoms with van der Waals surface area (Å²) >= 11 is 0. The molecule has 11 aromatic rings. The molecule has 0 aliphatic carbocycles. The summed E-state index contributed by atoms with van der Waals surface area (Å²) in [4.78, 5) is 2.30. The van der Waals surface area contributed by atoms with Gasteiger partial charge < -0.3 is 18.5 Å². The van der Waals surface area contributed by atoms with Gasteiger partial charge in [-0.3, -0.25) is 0 Å². The van der Waals surface area contributed by atoms with Gasteiger partial charge in [0.2, 0.25) is 0 Å². The fraction of sp³-hybridized carbons (Fsp3) is 0.0357. The number of nitrogens with zero attached hydrogens (tertiary/aromatic N) is 3. The number of fused-ring (bicyclic) bond motifs is 8. The van der Waals surface area contributed by atoms with Gasteiger partial charge in [0.1, 0.15) is 5.58 Å². The summed E-state index contributed by atoms with van der Waals surface area (Å²) in [6.45, 7) is 6.17. The van der Waals surface area contributed by atoms with Crippen molar-refractivity contribution in [1.29, 1.82) is 0 Å². The average molecular weight is 772 g/mol. The van der Waals surface area contributed by atoms with Crippen LogP contribution in [0.25, 0.3) is 83.2 Å². The van der Waals surface area contributed by atoms with Crippen molar-refractivity contribution in [2.24, 2.45) is 0 Å². The fourth-order valence-corrected chi connectivity index (χ4v) is 9.19. The Hall–Kier alpha value is -7.82. The highest BCUT2D eigenvalue weighted by atomic mass is 16.3. The maximum Gasteiger partial charge on any atom is 0.160 e. The quantitative estimate of drug-likeness (QED) is 0.137. The molecule has 0 N–H and O–H groups in total. The number of benzene rings is 8. The van der Waals surface area contributed by atoms with Crippen molar-refractivity contribution in [3.8, 4) is 22.5 Å². The Morgan fingerprint density at radius 2 is 1.17 bits per heavy atom. The molecule has 11 rings (SSSR count). The van der Waals surface area contributed by atoms with Crippen LogP contribution in [0.5, 0.6) is 0 Å². The number of aromatic nitrogens is 2. The number of para-hydroxylation sites is 5. The molecule has 60 heavy (non-hydrogen) atoms. The molecule has 4 nitrogen and oxygen atoms in total. The van der Waals surface area contributed by atoms with Crippen LogP contribution in [-0.2, 0) is 0 Å². The maximum atomic E-state index is 6.89. The standard InChI is InChI=1S/C56H41N3O/c1-3-4-8-25-45-38(2)57(40-19-9-5-10-20-40)52-36-39(30-35-46(45)52)49-37-50-47-26-16-18-29-53(47)60-56(50)55-54(49)48-27-15-17-28-51(48)59(55)44-33-31-43(32-34-44)58(41-21-11-6-12-22-41)42-23-13-7-14-24-42/h3,5-37H,1,4H2,2H3/b25-8-. The van der Waals surface area contributed by atoms with Crippen LogP contribution in [0.1, 0.15) is 17.7 Å². The molecule has 0 unspecified atom stereocenters. The first-order valence-electron chi connectivity index (χ1n) is 20.5. The average Bonchev–Trinajstić information content (AvgIpc) is 3.94. The Labute approximate surface area is 348 Å². The molecular formula is C56H41N3O. The van der Waals surface area contributed by atoms with Crippen molar-refractivity contribution in [2.45, 2.75) is 13.3 Å². The van der Waals surface area contributed by atoms with Crippen molar-refractivity contribution in [3.05, 3.63) is 218 Å². The van der Waals surface area contributed by atoms with E-state index in [0.29, 0.717) is 0 Å². The molecule has 0 radical (unpaired) electrons. The van der Waals surface area contributed by atoms with Crippen LogP contribution in [0.4, 0.5) is 17.1 Å². The first-order valence-corrected chi connectivity index (χ1v) is 20.5. The zero-order valence-corrected chi connectivity index (χ0v) is 33.3. The third kappa shape index (κ3) is 5.68. The minimum absolute atomic E-state index is 0.817. The lowest BCUT2D eigenvalue weighted by Gasteiger charge is -2.25. The molecule has 0 spiro atoms. The van der Waals surface area contributed by atoms with Crippen LogP contribution in [0.3, 0.4) is 0 Å². The normalized spacial score (nSPS) is 11.8. The van der Waals surface area contributed by atoms with Gasteiger partial charge in [-0.2, -0.15) is 0 Å². The van der Waals surface area contributed by atoms with E-state index in [1.165, 1.54) is 33.1 Å². The van der Waals surface area contributed by atoms with Crippen LogP contribution in [0.15, 0.2) is 211 Å². The van der Waals surface area contributed by atoms with Crippen molar-refractivity contribution in [1.82, 2.24) is 9.13 Å². The lowest BCUT2D eigenvalue weighted by Crippen LogP contribution is -2.09. The topological polar surface area (TPSA) is 26.2 Å². The zero-order valence-electron chi connectivity index (χ0n) is 33.3. The predicted molar refractivity (Wildman–Crippen MR) is 254 cm³/mol. The van der Waals surface area contributed by atoms with Crippen molar-refractivity contribution < 1.29 is 4.42 Å². The second-order valence-electron chi connectivity index (χ2n) is 15.3. The molecule has 0 bridgehead atoms. The van der Waals surface area contributed by atoms with Gasteiger partial charge >= 0.3 is 0 Å². The predicted octanol–water partition coefficient (Wildman–Crippen LogP) is 15.7. The van der Waals surface area contributed by atoms with Gasteiger partial charge in [-0.05, 0) is 109 Å². The molecule has 4 heteroatoms. The molecule has 8 aromatic carbocycles. The number of furan rings is 1. The Kier molecular flexibility index (Phi) is 8.56. The Morgan fingerprint density at radius 1 is 0.550 bits per heavy atom. The fourth-order valence-electron chi connectivity index (χ4n) is 9.19. The second-order valence-corrected chi connectivity index (χ2v) is 15.3. The minimum Gasteiger partial charge on any atom is -0.454 e. The third-order valence-electron chi connectivity index (χ3n) is 11.8. The molecule has 3 aromatic heterocycles. The van der Waals surface area contributed by atoms with E-state index in [1.807, 2.05) is 6.08 Å². The Morgan fingerprint density at radius 3 is 1.88 bits per heavy atom. The van der Waals surface area contributed by atoms with Gasteiger partial charge in [0.15, 0.2) is 5.58 Å². The summed E-state index contributed by atoms with van der Waals surface area (Å²) in [5.74, 6) is 0. The Balaban J connectivity index is 1.18. The van der Waals surface area contributed by atoms with Gasteiger partial charge in [-0.25, -0.2) is 0 Å². The SMILES string of the molecule is C=CC/C=C\c1c(C)n(-c2ccccc2)c2cc(-c3cc4c5ccccc5oc4c4c3c3ccccc3n4-c3ccc(N(c4ccccc4)c4ccccc4)cc3)ccc12. The minimum atomic E-state index is 0.817. The van der Waals surface area contributed by atoms with Crippen molar-refractivity contribution in [2.75, 3.05) is 4.90 Å². The zero-order chi connectivity index (χ0) is 40.2. The van der Waals surface area contributed by atoms with Gasteiger partial charge in [0, 0.05) is 66.6 Å². The first-order chi connectivity index (χ1) is 29.7. The van der Waals surface area contributed by atoms with E-state index in [4.69, 9.17) is 4.42 Å². The van der Waals surface area contributed by atoms with Crippen LogP contribution in [0, 0.1) is 6.92 Å².